The van der Waals surface area contributed by atoms with E-state index in [1.54, 1.807) is 0 Å². The Morgan fingerprint density at radius 1 is 0.600 bits per heavy atom. The molecule has 1 aliphatic rings. The first-order valence-electron chi connectivity index (χ1n) is 9.78. The first kappa shape index (κ1) is 21.2. The molecule has 148 valence electrons. The summed E-state index contributed by atoms with van der Waals surface area (Å²) in [5, 5.41) is 4.82. The molecule has 0 radical (unpaired) electrons. The third kappa shape index (κ3) is 4.50. The van der Waals surface area contributed by atoms with Crippen molar-refractivity contribution in [2.45, 2.75) is 12.5 Å². The molecule has 0 saturated carbocycles. The summed E-state index contributed by atoms with van der Waals surface area (Å²) in [4.78, 5) is 0. The van der Waals surface area contributed by atoms with Crippen LogP contribution in [0.1, 0.15) is 28.2 Å². The normalized spacial score (nSPS) is 11.7. The molecule has 0 saturated heterocycles. The van der Waals surface area contributed by atoms with Gasteiger partial charge in [-0.15, -0.1) is 12.2 Å². The maximum atomic E-state index is 4.89. The van der Waals surface area contributed by atoms with Crippen LogP contribution in [0.3, 0.4) is 0 Å². The molecule has 0 N–H and O–H groups in total. The van der Waals surface area contributed by atoms with Gasteiger partial charge in [-0.05, 0) is 27.8 Å². The van der Waals surface area contributed by atoms with Gasteiger partial charge in [-0.3, -0.25) is 0 Å². The molecule has 4 heteroatoms. The minimum atomic E-state index is -0.556. The number of benzene rings is 4. The molecule has 30 heavy (non-hydrogen) atoms. The van der Waals surface area contributed by atoms with Crippen molar-refractivity contribution < 1.29 is 17.0 Å². The summed E-state index contributed by atoms with van der Waals surface area (Å²) in [7, 11) is 9.78. The van der Waals surface area contributed by atoms with Gasteiger partial charge in [0.05, 0.1) is 0 Å². The van der Waals surface area contributed by atoms with Crippen LogP contribution in [0.15, 0.2) is 103 Å². The number of hydrogen-bond donors (Lipinski definition) is 0. The van der Waals surface area contributed by atoms with Gasteiger partial charge < -0.3 is 5.32 Å². The summed E-state index contributed by atoms with van der Waals surface area (Å²) < 4.78 is 0. The Hall–Kier alpha value is -2.03. The van der Waals surface area contributed by atoms with Crippen LogP contribution >= 0.6 is 18.6 Å². The zero-order chi connectivity index (χ0) is 20.8. The fraction of sp³-hybridized carbons (Fsp3) is 0.0769. The smallest absolute Gasteiger partial charge is 0.0354 e. The fourth-order valence-electron chi connectivity index (χ4n) is 4.16. The number of hydrogen-bond acceptors (Lipinski definition) is 0. The van der Waals surface area contributed by atoms with Gasteiger partial charge in [-0.1, -0.05) is 109 Å². The Bertz CT molecular complexity index is 1070. The molecule has 0 aliphatic heterocycles. The predicted octanol–water partition coefficient (Wildman–Crippen LogP) is 8.43. The maximum Gasteiger partial charge on any atom is 0.0354 e. The summed E-state index contributed by atoms with van der Waals surface area (Å²) in [6, 6.07) is 36.5. The van der Waals surface area contributed by atoms with E-state index in [2.05, 4.69) is 84.9 Å². The first-order chi connectivity index (χ1) is 14.8. The van der Waals surface area contributed by atoms with Crippen molar-refractivity contribution in [1.29, 1.82) is 0 Å². The van der Waals surface area contributed by atoms with Crippen molar-refractivity contribution in [2.75, 3.05) is 0 Å². The molecule has 1 aliphatic carbocycles. The van der Waals surface area contributed by atoms with E-state index in [-0.39, 0.29) is 5.92 Å². The predicted molar refractivity (Wildman–Crippen MR) is 124 cm³/mol. The molecule has 1 nitrogen and oxygen atoms in total. The van der Waals surface area contributed by atoms with Gasteiger partial charge >= 0.3 is 35.6 Å². The van der Waals surface area contributed by atoms with Crippen molar-refractivity contribution in [3.05, 3.63) is 131 Å². The number of nitrogens with zero attached hydrogens (tertiary/aromatic N) is 1. The average molecular weight is 465 g/mol. The zero-order valence-electron chi connectivity index (χ0n) is 16.3. The van der Waals surface area contributed by atoms with E-state index in [1.807, 2.05) is 18.2 Å². The van der Waals surface area contributed by atoms with Crippen LogP contribution in [0.25, 0.3) is 16.4 Å². The van der Waals surface area contributed by atoms with Gasteiger partial charge in [0.1, 0.15) is 0 Å². The fourth-order valence-corrected chi connectivity index (χ4v) is 4.16. The SMILES string of the molecule is [Cl][Ti][Cl].c1ccc([N-]Cc2ccccc2C2c3ccccc3-c3ccccc32)cc1. The molecule has 0 bridgehead atoms. The molecule has 0 fully saturated rings. The van der Waals surface area contributed by atoms with Crippen LogP contribution in [-0.4, -0.2) is 0 Å². The molecule has 0 atom stereocenters. The van der Waals surface area contributed by atoms with Crippen LogP contribution in [0, 0.1) is 0 Å². The number of halogens is 2. The molecule has 0 amide bonds. The summed E-state index contributed by atoms with van der Waals surface area (Å²) in [5.41, 5.74) is 9.17. The molecule has 4 aromatic rings. The minimum absolute atomic E-state index is 0.277. The van der Waals surface area contributed by atoms with Gasteiger partial charge in [0, 0.05) is 5.92 Å². The minimum Gasteiger partial charge on any atom is -0.681 e. The summed E-state index contributed by atoms with van der Waals surface area (Å²) in [5.74, 6) is 0.277. The van der Waals surface area contributed by atoms with Crippen LogP contribution in [0.5, 0.6) is 0 Å². The average Bonchev–Trinajstić information content (AvgIpc) is 3.14. The van der Waals surface area contributed by atoms with Crippen LogP contribution in [0.2, 0.25) is 0 Å². The van der Waals surface area contributed by atoms with E-state index in [0.717, 1.165) is 5.69 Å². The standard InChI is InChI=1S/C26H20N.2ClH.Ti/c1-2-11-20(12-3-1)27-18-19-10-4-5-13-21(19)26-24-16-8-6-14-22(24)23-15-7-9-17-25(23)26;;;/h1-17,26H,18H2;2*1H;/q-1;;;+2/p-2. The number of fused-ring (bicyclic) bond motifs is 3. The summed E-state index contributed by atoms with van der Waals surface area (Å²) in [6.07, 6.45) is 0. The summed E-state index contributed by atoms with van der Waals surface area (Å²) in [6.45, 7) is 0.695. The van der Waals surface area contributed by atoms with Gasteiger partial charge in [-0.25, -0.2) is 0 Å². The van der Waals surface area contributed by atoms with Crippen molar-refractivity contribution in [1.82, 2.24) is 0 Å². The zero-order valence-corrected chi connectivity index (χ0v) is 19.4. The molecule has 0 aromatic heterocycles. The topological polar surface area (TPSA) is 14.1 Å². The van der Waals surface area contributed by atoms with Crippen molar-refractivity contribution in [3.8, 4) is 11.1 Å². The largest absolute Gasteiger partial charge is 0.681 e. The Labute approximate surface area is 194 Å². The Kier molecular flexibility index (Phi) is 7.30. The molecule has 4 aromatic carbocycles. The van der Waals surface area contributed by atoms with E-state index >= 15 is 0 Å². The first-order valence-corrected chi connectivity index (χ1v) is 14.1. The van der Waals surface area contributed by atoms with Crippen molar-refractivity contribution in [2.24, 2.45) is 0 Å². The summed E-state index contributed by atoms with van der Waals surface area (Å²) >= 11 is -0.556. The Morgan fingerprint density at radius 2 is 1.07 bits per heavy atom. The Balaban J connectivity index is 0.000000687. The van der Waals surface area contributed by atoms with Gasteiger partial charge in [0.25, 0.3) is 0 Å². The van der Waals surface area contributed by atoms with Crippen LogP contribution < -0.4 is 0 Å². The van der Waals surface area contributed by atoms with E-state index in [9.17, 15) is 0 Å². The Morgan fingerprint density at radius 3 is 1.67 bits per heavy atom. The molecule has 0 unspecified atom stereocenters. The van der Waals surface area contributed by atoms with E-state index in [1.165, 1.54) is 33.4 Å². The quantitative estimate of drug-likeness (QED) is 0.237. The molecular weight excluding hydrogens is 445 g/mol. The second kappa shape index (κ2) is 10.3. The second-order valence-electron chi connectivity index (χ2n) is 7.03. The maximum absolute atomic E-state index is 4.89. The number of para-hydroxylation sites is 1. The van der Waals surface area contributed by atoms with Gasteiger partial charge in [0.2, 0.25) is 0 Å². The monoisotopic (exact) mass is 464 g/mol. The molecule has 0 spiro atoms. The van der Waals surface area contributed by atoms with Crippen LogP contribution in [-0.2, 0) is 23.6 Å². The van der Waals surface area contributed by atoms with Crippen molar-refractivity contribution >= 4 is 24.3 Å². The molecule has 0 heterocycles. The van der Waals surface area contributed by atoms with E-state index in [0.29, 0.717) is 6.54 Å². The van der Waals surface area contributed by atoms with Gasteiger partial charge in [0.15, 0.2) is 0 Å². The van der Waals surface area contributed by atoms with E-state index in [4.69, 9.17) is 23.9 Å². The van der Waals surface area contributed by atoms with Crippen LogP contribution in [0.4, 0.5) is 5.69 Å². The third-order valence-corrected chi connectivity index (χ3v) is 5.39. The second-order valence-corrected chi connectivity index (χ2v) is 9.61. The van der Waals surface area contributed by atoms with Crippen molar-refractivity contribution in [3.63, 3.8) is 0 Å². The molecular formula is C26H20Cl2NTi-. The van der Waals surface area contributed by atoms with Gasteiger partial charge in [-0.2, -0.15) is 0 Å². The number of rotatable bonds is 4. The molecule has 5 rings (SSSR count). The van der Waals surface area contributed by atoms with E-state index < -0.39 is 17.0 Å². The third-order valence-electron chi connectivity index (χ3n) is 5.39.